The van der Waals surface area contributed by atoms with Crippen LogP contribution in [0.25, 0.3) is 0 Å². The Bertz CT molecular complexity index is 875. The molecule has 6 heteroatoms. The lowest BCUT2D eigenvalue weighted by Gasteiger charge is -2.34. The summed E-state index contributed by atoms with van der Waals surface area (Å²) in [6.07, 6.45) is 0.310. The molecule has 0 spiro atoms. The summed E-state index contributed by atoms with van der Waals surface area (Å²) in [4.78, 5) is 14.2. The average molecular weight is 344 g/mol. The molecule has 1 aliphatic carbocycles. The minimum Gasteiger partial charge on any atom is -0.389 e. The molecule has 2 aliphatic rings. The Morgan fingerprint density at radius 2 is 2.08 bits per heavy atom. The van der Waals surface area contributed by atoms with Crippen LogP contribution in [0.2, 0.25) is 0 Å². The standard InChI is InChI=1S/C19H18F2N2O2/c1-19(2)13-7-4-8-14(21)17(13)23(18(19)25)16(15(24)10-22)11-5-3-6-12(20)9-11/h3,5-7,9,15-16,24H,10,22H2,1-2H3/t15-,16+/m1/s1. The number of benzene rings is 1. The molecule has 25 heavy (non-hydrogen) atoms. The van der Waals surface area contributed by atoms with Crippen molar-refractivity contribution in [3.63, 3.8) is 0 Å². The fraction of sp³-hybridized carbons (Fsp3) is 0.316. The highest BCUT2D eigenvalue weighted by Gasteiger charge is 2.50. The summed E-state index contributed by atoms with van der Waals surface area (Å²) in [5, 5.41) is 10.4. The maximum Gasteiger partial charge on any atom is 0.237 e. The van der Waals surface area contributed by atoms with Crippen molar-refractivity contribution < 1.29 is 18.7 Å². The molecule has 0 radical (unpaired) electrons. The SMILES string of the molecule is CC1(C)C(=O)N([C@@H](c2cccc(F)c2)[C@H](O)CN)C2=C1C=C=C=C2F. The third kappa shape index (κ3) is 2.66. The highest BCUT2D eigenvalue weighted by atomic mass is 19.1. The first-order chi connectivity index (χ1) is 11.8. The van der Waals surface area contributed by atoms with Crippen LogP contribution in [-0.4, -0.2) is 28.6 Å². The topological polar surface area (TPSA) is 66.6 Å². The van der Waals surface area contributed by atoms with Gasteiger partial charge in [-0.25, -0.2) is 4.39 Å². The third-order valence-electron chi connectivity index (χ3n) is 4.60. The summed E-state index contributed by atoms with van der Waals surface area (Å²) in [7, 11) is 0. The van der Waals surface area contributed by atoms with Crippen molar-refractivity contribution in [2.24, 2.45) is 11.1 Å². The molecule has 3 N–H and O–H groups in total. The van der Waals surface area contributed by atoms with Crippen molar-refractivity contribution >= 4 is 5.91 Å². The zero-order chi connectivity index (χ0) is 18.4. The minimum absolute atomic E-state index is 0.0236. The molecular formula is C19H18F2N2O2. The van der Waals surface area contributed by atoms with E-state index in [1.165, 1.54) is 29.2 Å². The van der Waals surface area contributed by atoms with E-state index in [-0.39, 0.29) is 12.2 Å². The number of hydrogen-bond acceptors (Lipinski definition) is 3. The first kappa shape index (κ1) is 17.3. The second-order valence-corrected chi connectivity index (χ2v) is 6.59. The van der Waals surface area contributed by atoms with E-state index in [1.807, 2.05) is 0 Å². The van der Waals surface area contributed by atoms with E-state index in [2.05, 4.69) is 11.5 Å². The molecule has 0 aromatic heterocycles. The number of amides is 1. The molecule has 1 heterocycles. The van der Waals surface area contributed by atoms with E-state index >= 15 is 0 Å². The number of carbonyl (C=O) groups excluding carboxylic acids is 1. The van der Waals surface area contributed by atoms with Gasteiger partial charge in [0.2, 0.25) is 5.91 Å². The van der Waals surface area contributed by atoms with Gasteiger partial charge in [0.1, 0.15) is 5.82 Å². The normalized spacial score (nSPS) is 20.6. The van der Waals surface area contributed by atoms with Crippen molar-refractivity contribution in [3.8, 4) is 0 Å². The summed E-state index contributed by atoms with van der Waals surface area (Å²) >= 11 is 0. The lowest BCUT2D eigenvalue weighted by atomic mass is 9.84. The molecule has 0 bridgehead atoms. The summed E-state index contributed by atoms with van der Waals surface area (Å²) < 4.78 is 28.2. The van der Waals surface area contributed by atoms with Crippen LogP contribution in [-0.2, 0) is 4.79 Å². The molecule has 0 saturated carbocycles. The van der Waals surface area contributed by atoms with Crippen molar-refractivity contribution in [1.82, 2.24) is 4.90 Å². The molecule has 0 fully saturated rings. The summed E-state index contributed by atoms with van der Waals surface area (Å²) in [5.41, 5.74) is 10.3. The summed E-state index contributed by atoms with van der Waals surface area (Å²) in [6.45, 7) is 3.16. The number of nitrogens with zero attached hydrogens (tertiary/aromatic N) is 1. The van der Waals surface area contributed by atoms with Crippen LogP contribution in [0.3, 0.4) is 0 Å². The molecule has 0 saturated heterocycles. The van der Waals surface area contributed by atoms with Gasteiger partial charge in [0.05, 0.1) is 23.3 Å². The predicted molar refractivity (Wildman–Crippen MR) is 88.1 cm³/mol. The Morgan fingerprint density at radius 3 is 2.72 bits per heavy atom. The predicted octanol–water partition coefficient (Wildman–Crippen LogP) is 2.49. The molecule has 130 valence electrons. The number of allylic oxidation sites excluding steroid dienone is 2. The first-order valence-electron chi connectivity index (χ1n) is 7.88. The van der Waals surface area contributed by atoms with Crippen molar-refractivity contribution in [1.29, 1.82) is 0 Å². The van der Waals surface area contributed by atoms with E-state index in [1.54, 1.807) is 19.9 Å². The highest BCUT2D eigenvalue weighted by molar-refractivity contribution is 5.93. The number of rotatable bonds is 4. The number of carbonyl (C=O) groups is 1. The van der Waals surface area contributed by atoms with Crippen LogP contribution in [0.15, 0.2) is 58.9 Å². The molecule has 1 aliphatic heterocycles. The largest absolute Gasteiger partial charge is 0.389 e. The van der Waals surface area contributed by atoms with Crippen molar-refractivity contribution in [2.75, 3.05) is 6.54 Å². The van der Waals surface area contributed by atoms with Crippen LogP contribution in [0.5, 0.6) is 0 Å². The Morgan fingerprint density at radius 1 is 1.36 bits per heavy atom. The Hall–Kier alpha value is -2.49. The molecule has 1 aromatic carbocycles. The van der Waals surface area contributed by atoms with Gasteiger partial charge < -0.3 is 10.8 Å². The van der Waals surface area contributed by atoms with Crippen molar-refractivity contribution in [2.45, 2.75) is 26.0 Å². The lowest BCUT2D eigenvalue weighted by molar-refractivity contribution is -0.138. The summed E-state index contributed by atoms with van der Waals surface area (Å²) in [6, 6.07) is 4.48. The fourth-order valence-electron chi connectivity index (χ4n) is 3.28. The quantitative estimate of drug-likeness (QED) is 0.825. The molecule has 1 aromatic rings. The third-order valence-corrected chi connectivity index (χ3v) is 4.60. The molecule has 3 rings (SSSR count). The zero-order valence-corrected chi connectivity index (χ0v) is 13.9. The number of aliphatic hydroxyl groups is 1. The van der Waals surface area contributed by atoms with Gasteiger partial charge in [0, 0.05) is 12.1 Å². The lowest BCUT2D eigenvalue weighted by Crippen LogP contribution is -2.43. The van der Waals surface area contributed by atoms with Crippen LogP contribution < -0.4 is 5.73 Å². The first-order valence-corrected chi connectivity index (χ1v) is 7.88. The number of halogens is 2. The summed E-state index contributed by atoms with van der Waals surface area (Å²) in [5.74, 6) is -1.68. The van der Waals surface area contributed by atoms with Crippen LogP contribution in [0, 0.1) is 11.2 Å². The Kier molecular flexibility index (Phi) is 4.23. The second kappa shape index (κ2) is 6.10. The van der Waals surface area contributed by atoms with E-state index in [9.17, 15) is 18.7 Å². The molecule has 2 atom stereocenters. The maximum absolute atomic E-state index is 14.5. The van der Waals surface area contributed by atoms with Crippen LogP contribution in [0.1, 0.15) is 25.5 Å². The number of hydrogen-bond donors (Lipinski definition) is 2. The van der Waals surface area contributed by atoms with E-state index in [4.69, 9.17) is 5.73 Å². The zero-order valence-electron chi connectivity index (χ0n) is 13.9. The minimum atomic E-state index is -1.20. The maximum atomic E-state index is 14.5. The van der Waals surface area contributed by atoms with Crippen molar-refractivity contribution in [3.05, 3.63) is 70.3 Å². The number of nitrogens with two attached hydrogens (primary N) is 1. The van der Waals surface area contributed by atoms with E-state index in [0.29, 0.717) is 11.1 Å². The Balaban J connectivity index is 2.20. The van der Waals surface area contributed by atoms with Gasteiger partial charge in [-0.1, -0.05) is 17.9 Å². The van der Waals surface area contributed by atoms with Gasteiger partial charge in [-0.2, -0.15) is 4.39 Å². The van der Waals surface area contributed by atoms with Gasteiger partial charge in [0.15, 0.2) is 5.83 Å². The molecular weight excluding hydrogens is 326 g/mol. The van der Waals surface area contributed by atoms with Gasteiger partial charge in [0.25, 0.3) is 0 Å². The van der Waals surface area contributed by atoms with Crippen LogP contribution >= 0.6 is 0 Å². The Labute approximate surface area is 144 Å². The highest BCUT2D eigenvalue weighted by Crippen LogP contribution is 2.48. The van der Waals surface area contributed by atoms with Gasteiger partial charge in [-0.05, 0) is 43.4 Å². The molecule has 1 amide bonds. The van der Waals surface area contributed by atoms with Gasteiger partial charge in [-0.3, -0.25) is 9.69 Å². The smallest absolute Gasteiger partial charge is 0.237 e. The van der Waals surface area contributed by atoms with E-state index < -0.39 is 35.1 Å². The fourth-order valence-corrected chi connectivity index (χ4v) is 3.28. The monoisotopic (exact) mass is 344 g/mol. The number of aliphatic hydroxyl groups excluding tert-OH is 1. The molecule has 0 unspecified atom stereocenters. The van der Waals surface area contributed by atoms with Gasteiger partial charge >= 0.3 is 0 Å². The van der Waals surface area contributed by atoms with E-state index in [0.717, 1.165) is 0 Å². The molecule has 4 nitrogen and oxygen atoms in total. The second-order valence-electron chi connectivity index (χ2n) is 6.59. The van der Waals surface area contributed by atoms with Gasteiger partial charge in [-0.15, -0.1) is 0 Å². The average Bonchev–Trinajstić information content (AvgIpc) is 2.77. The van der Waals surface area contributed by atoms with Crippen LogP contribution in [0.4, 0.5) is 8.78 Å².